The Morgan fingerprint density at radius 3 is 2.20 bits per heavy atom. The molecule has 0 aliphatic carbocycles. The van der Waals surface area contributed by atoms with Gasteiger partial charge in [-0.2, -0.15) is 0 Å². The number of nitrogen functional groups attached to an aromatic ring is 1. The number of thioether (sulfide) groups is 1. The molecule has 2 atom stereocenters. The quantitative estimate of drug-likeness (QED) is 0.331. The Morgan fingerprint density at radius 1 is 1.00 bits per heavy atom. The van der Waals surface area contributed by atoms with Crippen LogP contribution in [0, 0.1) is 0 Å². The van der Waals surface area contributed by atoms with Crippen molar-refractivity contribution in [1.82, 2.24) is 0 Å². The molecule has 3 aromatic rings. The number of carboxylic acid groups (broad SMARTS) is 1. The topological polar surface area (TPSA) is 102 Å². The van der Waals surface area contributed by atoms with E-state index >= 15 is 0 Å². The maximum absolute atomic E-state index is 11.5. The number of ether oxygens (including phenoxy) is 2. The summed E-state index contributed by atoms with van der Waals surface area (Å²) in [5.74, 6) is 0.422. The summed E-state index contributed by atoms with van der Waals surface area (Å²) >= 11 is 7.04. The third kappa shape index (κ3) is 5.38. The zero-order valence-corrected chi connectivity index (χ0v) is 17.6. The van der Waals surface area contributed by atoms with Gasteiger partial charge in [-0.1, -0.05) is 23.7 Å². The van der Waals surface area contributed by atoms with Crippen LogP contribution in [0.4, 0.5) is 5.69 Å². The van der Waals surface area contributed by atoms with Gasteiger partial charge in [0, 0.05) is 15.6 Å². The van der Waals surface area contributed by atoms with Gasteiger partial charge in [0.2, 0.25) is 0 Å². The van der Waals surface area contributed by atoms with Crippen LogP contribution in [-0.2, 0) is 4.79 Å². The first-order chi connectivity index (χ1) is 14.4. The number of halogens is 1. The first-order valence-corrected chi connectivity index (χ1v) is 10.2. The van der Waals surface area contributed by atoms with Gasteiger partial charge in [0.25, 0.3) is 0 Å². The third-order valence-corrected chi connectivity index (χ3v) is 5.92. The van der Waals surface area contributed by atoms with Gasteiger partial charge >= 0.3 is 5.97 Å². The SMILES string of the molecule is COc1ccc(C(Sc2cc(Oc3ccc(Cl)cc3)ccc2N)C(O)C(=O)O)cc1. The lowest BCUT2D eigenvalue weighted by atomic mass is 10.1. The molecule has 0 aromatic heterocycles. The molecular weight excluding hydrogens is 426 g/mol. The van der Waals surface area contributed by atoms with Gasteiger partial charge in [0.1, 0.15) is 17.2 Å². The second-order valence-electron chi connectivity index (χ2n) is 6.35. The predicted molar refractivity (Wildman–Crippen MR) is 118 cm³/mol. The molecule has 0 aliphatic heterocycles. The van der Waals surface area contributed by atoms with Gasteiger partial charge in [-0.3, -0.25) is 0 Å². The Kier molecular flexibility index (Phi) is 7.10. The van der Waals surface area contributed by atoms with E-state index in [0.29, 0.717) is 38.4 Å². The van der Waals surface area contributed by atoms with E-state index in [1.165, 1.54) is 0 Å². The second kappa shape index (κ2) is 9.75. The number of aliphatic hydroxyl groups excluding tert-OH is 1. The second-order valence-corrected chi connectivity index (χ2v) is 7.97. The molecule has 156 valence electrons. The Balaban J connectivity index is 1.89. The standard InChI is InChI=1S/C22H20ClNO5S/c1-28-15-6-2-13(3-7-15)21(20(25)22(26)27)30-19-12-17(10-11-18(19)24)29-16-8-4-14(23)5-9-16/h2-12,20-21,25H,24H2,1H3,(H,26,27). The summed E-state index contributed by atoms with van der Waals surface area (Å²) in [6.07, 6.45) is -1.64. The van der Waals surface area contributed by atoms with Crippen LogP contribution in [0.2, 0.25) is 5.02 Å². The van der Waals surface area contributed by atoms with Gasteiger partial charge in [-0.15, -0.1) is 11.8 Å². The van der Waals surface area contributed by atoms with E-state index < -0.39 is 17.3 Å². The Morgan fingerprint density at radius 2 is 1.60 bits per heavy atom. The van der Waals surface area contributed by atoms with Crippen LogP contribution < -0.4 is 15.2 Å². The van der Waals surface area contributed by atoms with E-state index in [4.69, 9.17) is 26.8 Å². The molecular formula is C22H20ClNO5S. The van der Waals surface area contributed by atoms with Crippen LogP contribution in [0.15, 0.2) is 71.6 Å². The van der Waals surface area contributed by atoms with Crippen molar-refractivity contribution in [3.63, 3.8) is 0 Å². The van der Waals surface area contributed by atoms with Gasteiger partial charge in [-0.25, -0.2) is 4.79 Å². The van der Waals surface area contributed by atoms with E-state index in [1.807, 2.05) is 0 Å². The van der Waals surface area contributed by atoms with E-state index in [2.05, 4.69) is 0 Å². The molecule has 0 saturated heterocycles. The minimum absolute atomic E-state index is 0.444. The number of hydrogen-bond donors (Lipinski definition) is 3. The van der Waals surface area contributed by atoms with Crippen LogP contribution in [0.5, 0.6) is 17.2 Å². The zero-order valence-electron chi connectivity index (χ0n) is 16.0. The van der Waals surface area contributed by atoms with Gasteiger partial charge in [0.15, 0.2) is 6.10 Å². The molecule has 0 spiro atoms. The smallest absolute Gasteiger partial charge is 0.334 e. The number of rotatable bonds is 8. The molecule has 0 radical (unpaired) electrons. The molecule has 0 bridgehead atoms. The monoisotopic (exact) mass is 445 g/mol. The fourth-order valence-electron chi connectivity index (χ4n) is 2.69. The highest BCUT2D eigenvalue weighted by Gasteiger charge is 2.29. The summed E-state index contributed by atoms with van der Waals surface area (Å²) in [7, 11) is 1.54. The third-order valence-electron chi connectivity index (χ3n) is 4.27. The molecule has 0 amide bonds. The molecule has 2 unspecified atom stereocenters. The highest BCUT2D eigenvalue weighted by atomic mass is 35.5. The number of benzene rings is 3. The number of carbonyl (C=O) groups is 1. The first-order valence-electron chi connectivity index (χ1n) is 8.92. The minimum Gasteiger partial charge on any atom is -0.497 e. The number of carboxylic acids is 1. The molecule has 8 heteroatoms. The number of nitrogens with two attached hydrogens (primary N) is 1. The molecule has 0 aliphatic rings. The van der Waals surface area contributed by atoms with E-state index in [-0.39, 0.29) is 0 Å². The molecule has 0 saturated carbocycles. The van der Waals surface area contributed by atoms with Crippen molar-refractivity contribution in [3.8, 4) is 17.2 Å². The van der Waals surface area contributed by atoms with Crippen molar-refractivity contribution >= 4 is 35.0 Å². The average molecular weight is 446 g/mol. The van der Waals surface area contributed by atoms with E-state index in [0.717, 1.165) is 11.8 Å². The van der Waals surface area contributed by atoms with Crippen molar-refractivity contribution in [2.24, 2.45) is 0 Å². The first kappa shape index (κ1) is 21.8. The fraction of sp³-hybridized carbons (Fsp3) is 0.136. The van der Waals surface area contributed by atoms with Crippen molar-refractivity contribution in [1.29, 1.82) is 0 Å². The normalized spacial score (nSPS) is 12.8. The summed E-state index contributed by atoms with van der Waals surface area (Å²) < 4.78 is 11.0. The van der Waals surface area contributed by atoms with Crippen molar-refractivity contribution < 1.29 is 24.5 Å². The summed E-state index contributed by atoms with van der Waals surface area (Å²) in [4.78, 5) is 12.1. The lowest BCUT2D eigenvalue weighted by Gasteiger charge is -2.21. The molecule has 3 aromatic carbocycles. The predicted octanol–water partition coefficient (Wildman–Crippen LogP) is 5.00. The van der Waals surface area contributed by atoms with Crippen LogP contribution in [-0.4, -0.2) is 29.4 Å². The molecule has 4 N–H and O–H groups in total. The number of hydrogen-bond acceptors (Lipinski definition) is 6. The summed E-state index contributed by atoms with van der Waals surface area (Å²) in [6, 6.07) is 18.8. The molecule has 6 nitrogen and oxygen atoms in total. The highest BCUT2D eigenvalue weighted by molar-refractivity contribution is 7.99. The Hall–Kier alpha value is -2.87. The molecule has 0 fully saturated rings. The average Bonchev–Trinajstić information content (AvgIpc) is 2.75. The Labute approximate surface area is 183 Å². The van der Waals surface area contributed by atoms with Gasteiger partial charge in [-0.05, 0) is 60.2 Å². The van der Waals surface area contributed by atoms with Crippen molar-refractivity contribution in [3.05, 3.63) is 77.3 Å². The zero-order chi connectivity index (χ0) is 21.7. The molecule has 30 heavy (non-hydrogen) atoms. The number of methoxy groups -OCH3 is 1. The maximum Gasteiger partial charge on any atom is 0.334 e. The van der Waals surface area contributed by atoms with Gasteiger partial charge in [0.05, 0.1) is 12.4 Å². The van der Waals surface area contributed by atoms with Gasteiger partial charge < -0.3 is 25.4 Å². The number of anilines is 1. The van der Waals surface area contributed by atoms with Crippen LogP contribution in [0.25, 0.3) is 0 Å². The van der Waals surface area contributed by atoms with E-state index in [9.17, 15) is 15.0 Å². The highest BCUT2D eigenvalue weighted by Crippen LogP contribution is 2.42. The van der Waals surface area contributed by atoms with Crippen LogP contribution >= 0.6 is 23.4 Å². The van der Waals surface area contributed by atoms with E-state index in [1.54, 1.807) is 73.8 Å². The molecule has 0 heterocycles. The van der Waals surface area contributed by atoms with Crippen LogP contribution in [0.1, 0.15) is 10.8 Å². The van der Waals surface area contributed by atoms with Crippen molar-refractivity contribution in [2.45, 2.75) is 16.2 Å². The molecule has 3 rings (SSSR count). The van der Waals surface area contributed by atoms with Crippen LogP contribution in [0.3, 0.4) is 0 Å². The summed E-state index contributed by atoms with van der Waals surface area (Å²) in [5.41, 5.74) is 7.18. The summed E-state index contributed by atoms with van der Waals surface area (Å²) in [6.45, 7) is 0. The lowest BCUT2D eigenvalue weighted by molar-refractivity contribution is -0.146. The fourth-order valence-corrected chi connectivity index (χ4v) is 4.02. The number of aliphatic carboxylic acids is 1. The minimum atomic E-state index is -1.64. The largest absolute Gasteiger partial charge is 0.497 e. The summed E-state index contributed by atoms with van der Waals surface area (Å²) in [5, 5.41) is 19.5. The Bertz CT molecular complexity index is 1010. The maximum atomic E-state index is 11.5. The number of aliphatic hydroxyl groups is 1. The van der Waals surface area contributed by atoms with Crippen molar-refractivity contribution in [2.75, 3.05) is 12.8 Å². The lowest BCUT2D eigenvalue weighted by Crippen LogP contribution is -2.26.